The number of ether oxygens (including phenoxy) is 1. The van der Waals surface area contributed by atoms with Crippen LogP contribution in [0.25, 0.3) is 11.3 Å². The second-order valence-electron chi connectivity index (χ2n) is 5.76. The third-order valence-corrected chi connectivity index (χ3v) is 6.10. The van der Waals surface area contributed by atoms with Crippen LogP contribution in [0.15, 0.2) is 58.8 Å². The molecule has 0 atom stereocenters. The highest BCUT2D eigenvalue weighted by Crippen LogP contribution is 2.26. The van der Waals surface area contributed by atoms with Crippen LogP contribution in [0.5, 0.6) is 5.75 Å². The first kappa shape index (κ1) is 20.0. The van der Waals surface area contributed by atoms with Crippen molar-refractivity contribution >= 4 is 32.2 Å². The summed E-state index contributed by atoms with van der Waals surface area (Å²) in [5.41, 5.74) is 1.50. The van der Waals surface area contributed by atoms with E-state index in [0.717, 1.165) is 35.6 Å². The fraction of sp³-hybridized carbons (Fsp3) is 0.158. The van der Waals surface area contributed by atoms with E-state index in [0.29, 0.717) is 17.4 Å². The van der Waals surface area contributed by atoms with Gasteiger partial charge in [-0.1, -0.05) is 0 Å². The van der Waals surface area contributed by atoms with Crippen molar-refractivity contribution in [2.75, 3.05) is 17.7 Å². The van der Waals surface area contributed by atoms with Crippen LogP contribution in [-0.4, -0.2) is 31.7 Å². The Labute approximate surface area is 165 Å². The zero-order valence-corrected chi connectivity index (χ0v) is 16.5. The topological polar surface area (TPSA) is 85.4 Å². The van der Waals surface area contributed by atoms with Crippen LogP contribution in [0.3, 0.4) is 0 Å². The van der Waals surface area contributed by atoms with Gasteiger partial charge in [0.1, 0.15) is 17.3 Å². The van der Waals surface area contributed by atoms with Gasteiger partial charge >= 0.3 is 0 Å². The van der Waals surface area contributed by atoms with Crippen molar-refractivity contribution in [1.29, 1.82) is 0 Å². The summed E-state index contributed by atoms with van der Waals surface area (Å²) in [6.45, 7) is 2.48. The molecule has 3 rings (SSSR count). The Morgan fingerprint density at radius 2 is 1.82 bits per heavy atom. The maximum Gasteiger partial charge on any atom is 0.241 e. The summed E-state index contributed by atoms with van der Waals surface area (Å²) in [5, 5.41) is 4.55. The van der Waals surface area contributed by atoms with Crippen molar-refractivity contribution < 1.29 is 22.3 Å². The molecule has 0 aliphatic heterocycles. The lowest BCUT2D eigenvalue weighted by Gasteiger charge is -2.05. The second-order valence-corrected chi connectivity index (χ2v) is 8.60. The minimum atomic E-state index is -3.87. The van der Waals surface area contributed by atoms with E-state index in [1.165, 1.54) is 11.3 Å². The first-order valence-electron chi connectivity index (χ1n) is 8.34. The number of anilines is 1. The van der Waals surface area contributed by atoms with Crippen LogP contribution < -0.4 is 10.1 Å². The van der Waals surface area contributed by atoms with Crippen LogP contribution >= 0.6 is 11.3 Å². The van der Waals surface area contributed by atoms with Gasteiger partial charge in [0, 0.05) is 10.9 Å². The number of hydrogen-bond acceptors (Lipinski definition) is 6. The van der Waals surface area contributed by atoms with Gasteiger partial charge in [0.2, 0.25) is 5.91 Å². The molecule has 0 aliphatic rings. The quantitative estimate of drug-likeness (QED) is 0.588. The SMILES string of the molecule is CCOc1ccc(-c2csc(NC(=O)CS(=O)(=O)c3ccc(F)cc3)n2)cc1. The van der Waals surface area contributed by atoms with Gasteiger partial charge in [0.25, 0.3) is 0 Å². The summed E-state index contributed by atoms with van der Waals surface area (Å²) in [5.74, 6) is -1.26. The lowest BCUT2D eigenvalue weighted by molar-refractivity contribution is -0.113. The van der Waals surface area contributed by atoms with E-state index < -0.39 is 27.3 Å². The van der Waals surface area contributed by atoms with E-state index in [1.807, 2.05) is 31.2 Å². The van der Waals surface area contributed by atoms with Crippen LogP contribution in [0.2, 0.25) is 0 Å². The molecule has 0 radical (unpaired) electrons. The summed E-state index contributed by atoms with van der Waals surface area (Å²) in [6.07, 6.45) is 0. The Kier molecular flexibility index (Phi) is 6.05. The molecule has 1 N–H and O–H groups in total. The fourth-order valence-corrected chi connectivity index (χ4v) is 4.28. The van der Waals surface area contributed by atoms with E-state index in [4.69, 9.17) is 4.74 Å². The van der Waals surface area contributed by atoms with Gasteiger partial charge in [-0.15, -0.1) is 11.3 Å². The van der Waals surface area contributed by atoms with Gasteiger partial charge in [-0.3, -0.25) is 4.79 Å². The minimum Gasteiger partial charge on any atom is -0.494 e. The van der Waals surface area contributed by atoms with Crippen LogP contribution in [0.4, 0.5) is 9.52 Å². The number of rotatable bonds is 7. The molecule has 1 aromatic heterocycles. The monoisotopic (exact) mass is 420 g/mol. The smallest absolute Gasteiger partial charge is 0.241 e. The number of thiazole rings is 1. The number of carbonyl (C=O) groups is 1. The molecule has 146 valence electrons. The maximum absolute atomic E-state index is 12.9. The molecular weight excluding hydrogens is 403 g/mol. The molecular formula is C19H17FN2O4S2. The van der Waals surface area contributed by atoms with Gasteiger partial charge in [0.15, 0.2) is 15.0 Å². The van der Waals surface area contributed by atoms with Crippen molar-refractivity contribution in [1.82, 2.24) is 4.98 Å². The zero-order valence-electron chi connectivity index (χ0n) is 14.9. The Morgan fingerprint density at radius 1 is 1.14 bits per heavy atom. The molecule has 0 bridgehead atoms. The Bertz CT molecular complexity index is 1060. The predicted octanol–water partition coefficient (Wildman–Crippen LogP) is 3.76. The Morgan fingerprint density at radius 3 is 2.46 bits per heavy atom. The number of nitrogens with one attached hydrogen (secondary N) is 1. The number of sulfone groups is 1. The van der Waals surface area contributed by atoms with Gasteiger partial charge in [-0.2, -0.15) is 0 Å². The van der Waals surface area contributed by atoms with Gasteiger partial charge < -0.3 is 10.1 Å². The number of benzene rings is 2. The molecule has 1 heterocycles. The summed E-state index contributed by atoms with van der Waals surface area (Å²) in [7, 11) is -3.87. The Balaban J connectivity index is 1.65. The second kappa shape index (κ2) is 8.49. The van der Waals surface area contributed by atoms with Crippen molar-refractivity contribution in [3.05, 3.63) is 59.7 Å². The molecule has 0 aliphatic carbocycles. The first-order valence-corrected chi connectivity index (χ1v) is 10.9. The summed E-state index contributed by atoms with van der Waals surface area (Å²) < 4.78 is 42.8. The van der Waals surface area contributed by atoms with Crippen molar-refractivity contribution in [2.45, 2.75) is 11.8 Å². The summed E-state index contributed by atoms with van der Waals surface area (Å²) in [4.78, 5) is 16.3. The van der Waals surface area contributed by atoms with E-state index in [9.17, 15) is 17.6 Å². The predicted molar refractivity (Wildman–Crippen MR) is 106 cm³/mol. The minimum absolute atomic E-state index is 0.113. The van der Waals surface area contributed by atoms with Crippen LogP contribution in [0, 0.1) is 5.82 Å². The lowest BCUT2D eigenvalue weighted by atomic mass is 10.2. The van der Waals surface area contributed by atoms with Crippen LogP contribution in [-0.2, 0) is 14.6 Å². The molecule has 1 amide bonds. The zero-order chi connectivity index (χ0) is 20.1. The summed E-state index contributed by atoms with van der Waals surface area (Å²) >= 11 is 1.19. The normalized spacial score (nSPS) is 11.2. The average Bonchev–Trinajstić information content (AvgIpc) is 3.11. The number of nitrogens with zero attached hydrogens (tertiary/aromatic N) is 1. The standard InChI is InChI=1S/C19H17FN2O4S2/c1-2-26-15-7-3-13(4-8-15)17-11-27-19(21-17)22-18(23)12-28(24,25)16-9-5-14(20)6-10-16/h3-11H,2,12H2,1H3,(H,21,22,23). The number of hydrogen-bond donors (Lipinski definition) is 1. The molecule has 6 nitrogen and oxygen atoms in total. The van der Waals surface area contributed by atoms with Crippen LogP contribution in [0.1, 0.15) is 6.92 Å². The van der Waals surface area contributed by atoms with Crippen molar-refractivity contribution in [3.63, 3.8) is 0 Å². The number of halogens is 1. The highest BCUT2D eigenvalue weighted by atomic mass is 32.2. The lowest BCUT2D eigenvalue weighted by Crippen LogP contribution is -2.23. The van der Waals surface area contributed by atoms with Crippen molar-refractivity contribution in [2.24, 2.45) is 0 Å². The van der Waals surface area contributed by atoms with Gasteiger partial charge in [-0.05, 0) is 55.5 Å². The molecule has 0 fully saturated rings. The molecule has 28 heavy (non-hydrogen) atoms. The maximum atomic E-state index is 12.9. The third kappa shape index (κ3) is 4.93. The number of amides is 1. The van der Waals surface area contributed by atoms with Gasteiger partial charge in [-0.25, -0.2) is 17.8 Å². The van der Waals surface area contributed by atoms with Gasteiger partial charge in [0.05, 0.1) is 17.2 Å². The van der Waals surface area contributed by atoms with E-state index >= 15 is 0 Å². The molecule has 0 unspecified atom stereocenters. The highest BCUT2D eigenvalue weighted by molar-refractivity contribution is 7.92. The molecule has 2 aromatic carbocycles. The highest BCUT2D eigenvalue weighted by Gasteiger charge is 2.20. The molecule has 9 heteroatoms. The largest absolute Gasteiger partial charge is 0.494 e. The van der Waals surface area contributed by atoms with E-state index in [2.05, 4.69) is 10.3 Å². The van der Waals surface area contributed by atoms with E-state index in [-0.39, 0.29) is 4.90 Å². The summed E-state index contributed by atoms with van der Waals surface area (Å²) in [6, 6.07) is 11.7. The first-order chi connectivity index (χ1) is 13.4. The van der Waals surface area contributed by atoms with Crippen molar-refractivity contribution in [3.8, 4) is 17.0 Å². The molecule has 3 aromatic rings. The number of carbonyl (C=O) groups excluding carboxylic acids is 1. The molecule has 0 saturated carbocycles. The third-order valence-electron chi connectivity index (χ3n) is 3.71. The molecule has 0 saturated heterocycles. The fourth-order valence-electron chi connectivity index (χ4n) is 2.41. The Hall–Kier alpha value is -2.78. The molecule has 0 spiro atoms. The number of aromatic nitrogens is 1. The van der Waals surface area contributed by atoms with E-state index in [1.54, 1.807) is 5.38 Å². The average molecular weight is 420 g/mol.